The van der Waals surface area contributed by atoms with E-state index in [1.165, 1.54) is 5.56 Å². The van der Waals surface area contributed by atoms with E-state index >= 15 is 0 Å². The largest absolute Gasteiger partial charge is 0.339 e. The first-order valence-electron chi connectivity index (χ1n) is 5.75. The van der Waals surface area contributed by atoms with Gasteiger partial charge in [0.15, 0.2) is 5.82 Å². The number of nitrogens with zero attached hydrogens (tertiary/aromatic N) is 3. The minimum atomic E-state index is 0.250. The van der Waals surface area contributed by atoms with Crippen LogP contribution >= 0.6 is 0 Å². The summed E-state index contributed by atoms with van der Waals surface area (Å²) in [5.74, 6) is 2.03. The molecule has 0 unspecified atom stereocenters. The van der Waals surface area contributed by atoms with Crippen LogP contribution in [0.3, 0.4) is 0 Å². The number of pyridine rings is 1. The Kier molecular flexibility index (Phi) is 2.60. The number of aryl methyl sites for hydroxylation is 1. The molecule has 1 fully saturated rings. The van der Waals surface area contributed by atoms with Crippen LogP contribution < -0.4 is 5.32 Å². The molecule has 88 valence electrons. The summed E-state index contributed by atoms with van der Waals surface area (Å²) in [5.41, 5.74) is 1.22. The molecule has 3 rings (SSSR count). The Morgan fingerprint density at radius 2 is 2.24 bits per heavy atom. The normalized spacial score (nSPS) is 24.1. The lowest BCUT2D eigenvalue weighted by Crippen LogP contribution is -2.09. The van der Waals surface area contributed by atoms with Gasteiger partial charge in [-0.2, -0.15) is 4.98 Å². The van der Waals surface area contributed by atoms with Gasteiger partial charge in [0.2, 0.25) is 5.89 Å². The van der Waals surface area contributed by atoms with Crippen LogP contribution in [0, 0.1) is 6.92 Å². The Morgan fingerprint density at radius 1 is 1.35 bits per heavy atom. The van der Waals surface area contributed by atoms with Crippen molar-refractivity contribution in [3.8, 4) is 0 Å². The predicted molar refractivity (Wildman–Crippen MR) is 61.6 cm³/mol. The van der Waals surface area contributed by atoms with Gasteiger partial charge in [-0.3, -0.25) is 4.98 Å². The highest BCUT2D eigenvalue weighted by atomic mass is 16.5. The molecule has 0 amide bonds. The molecule has 5 nitrogen and oxygen atoms in total. The van der Waals surface area contributed by atoms with Gasteiger partial charge in [-0.1, -0.05) is 11.2 Å². The van der Waals surface area contributed by atoms with Gasteiger partial charge in [0.05, 0.1) is 5.92 Å². The lowest BCUT2D eigenvalue weighted by Gasteiger charge is -2.14. The smallest absolute Gasteiger partial charge is 0.231 e. The Balaban J connectivity index is 1.90. The van der Waals surface area contributed by atoms with E-state index in [0.717, 1.165) is 19.0 Å². The van der Waals surface area contributed by atoms with Gasteiger partial charge < -0.3 is 9.84 Å². The zero-order chi connectivity index (χ0) is 11.7. The zero-order valence-electron chi connectivity index (χ0n) is 9.63. The molecular formula is C12H14N4O. The van der Waals surface area contributed by atoms with Gasteiger partial charge in [0.1, 0.15) is 0 Å². The van der Waals surface area contributed by atoms with Crippen molar-refractivity contribution in [2.75, 3.05) is 13.1 Å². The first-order valence-corrected chi connectivity index (χ1v) is 5.75. The molecule has 2 atom stereocenters. The SMILES string of the molecule is Cc1noc([C@H]2CNC[C@@H]2c2cccnc2)n1. The van der Waals surface area contributed by atoms with Crippen molar-refractivity contribution in [3.63, 3.8) is 0 Å². The van der Waals surface area contributed by atoms with E-state index in [4.69, 9.17) is 4.52 Å². The average Bonchev–Trinajstić information content (AvgIpc) is 2.98. The molecular weight excluding hydrogens is 216 g/mol. The number of rotatable bonds is 2. The second-order valence-electron chi connectivity index (χ2n) is 4.34. The number of nitrogens with one attached hydrogen (secondary N) is 1. The molecule has 17 heavy (non-hydrogen) atoms. The summed E-state index contributed by atoms with van der Waals surface area (Å²) in [5, 5.41) is 7.23. The molecule has 1 saturated heterocycles. The summed E-state index contributed by atoms with van der Waals surface area (Å²) in [4.78, 5) is 8.50. The van der Waals surface area contributed by atoms with Crippen LogP contribution in [-0.4, -0.2) is 28.2 Å². The Bertz CT molecular complexity index is 496. The standard InChI is InChI=1S/C12H14N4O/c1-8-15-12(17-16-8)11-7-14-6-10(11)9-3-2-4-13-5-9/h2-5,10-11,14H,6-7H2,1H3/t10-,11+/m1/s1. The van der Waals surface area contributed by atoms with Gasteiger partial charge >= 0.3 is 0 Å². The monoisotopic (exact) mass is 230 g/mol. The fraction of sp³-hybridized carbons (Fsp3) is 0.417. The molecule has 3 heterocycles. The number of hydrogen-bond acceptors (Lipinski definition) is 5. The van der Waals surface area contributed by atoms with E-state index in [2.05, 4.69) is 26.5 Å². The predicted octanol–water partition coefficient (Wildman–Crippen LogP) is 1.24. The summed E-state index contributed by atoms with van der Waals surface area (Å²) < 4.78 is 5.28. The summed E-state index contributed by atoms with van der Waals surface area (Å²) >= 11 is 0. The fourth-order valence-electron chi connectivity index (χ4n) is 2.35. The van der Waals surface area contributed by atoms with Crippen LogP contribution in [-0.2, 0) is 0 Å². The highest BCUT2D eigenvalue weighted by Crippen LogP contribution is 2.34. The van der Waals surface area contributed by atoms with Crippen molar-refractivity contribution < 1.29 is 4.52 Å². The quantitative estimate of drug-likeness (QED) is 0.841. The molecule has 0 spiro atoms. The minimum Gasteiger partial charge on any atom is -0.339 e. The summed E-state index contributed by atoms with van der Waals surface area (Å²) in [6.07, 6.45) is 3.70. The molecule has 1 aliphatic rings. The molecule has 1 N–H and O–H groups in total. The van der Waals surface area contributed by atoms with Crippen LogP contribution in [0.2, 0.25) is 0 Å². The molecule has 0 bridgehead atoms. The van der Waals surface area contributed by atoms with Crippen LogP contribution in [0.15, 0.2) is 29.0 Å². The lowest BCUT2D eigenvalue weighted by atomic mass is 9.90. The van der Waals surface area contributed by atoms with Gasteiger partial charge in [0.25, 0.3) is 0 Å². The third kappa shape index (κ3) is 1.93. The summed E-state index contributed by atoms with van der Waals surface area (Å²) in [7, 11) is 0. The summed E-state index contributed by atoms with van der Waals surface area (Å²) in [6, 6.07) is 4.06. The molecule has 0 radical (unpaired) electrons. The third-order valence-electron chi connectivity index (χ3n) is 3.19. The third-order valence-corrected chi connectivity index (χ3v) is 3.19. The van der Waals surface area contributed by atoms with E-state index in [9.17, 15) is 0 Å². The van der Waals surface area contributed by atoms with Crippen molar-refractivity contribution in [2.45, 2.75) is 18.8 Å². The highest BCUT2D eigenvalue weighted by molar-refractivity contribution is 5.22. The van der Waals surface area contributed by atoms with Crippen LogP contribution in [0.5, 0.6) is 0 Å². The van der Waals surface area contributed by atoms with Crippen molar-refractivity contribution in [1.29, 1.82) is 0 Å². The van der Waals surface area contributed by atoms with E-state index in [1.807, 2.05) is 19.2 Å². The topological polar surface area (TPSA) is 63.8 Å². The molecule has 1 aliphatic heterocycles. The molecule has 0 aliphatic carbocycles. The average molecular weight is 230 g/mol. The van der Waals surface area contributed by atoms with E-state index in [-0.39, 0.29) is 5.92 Å². The van der Waals surface area contributed by atoms with Gasteiger partial charge in [0, 0.05) is 31.4 Å². The minimum absolute atomic E-state index is 0.250. The number of hydrogen-bond donors (Lipinski definition) is 1. The van der Waals surface area contributed by atoms with Crippen molar-refractivity contribution in [2.24, 2.45) is 0 Å². The van der Waals surface area contributed by atoms with Gasteiger partial charge in [-0.15, -0.1) is 0 Å². The Labute approximate surface area is 99.3 Å². The first-order chi connectivity index (χ1) is 8.34. The lowest BCUT2D eigenvalue weighted by molar-refractivity contribution is 0.348. The summed E-state index contributed by atoms with van der Waals surface area (Å²) in [6.45, 7) is 3.65. The van der Waals surface area contributed by atoms with Crippen LogP contribution in [0.25, 0.3) is 0 Å². The van der Waals surface area contributed by atoms with E-state index in [1.54, 1.807) is 6.20 Å². The second-order valence-corrected chi connectivity index (χ2v) is 4.34. The fourth-order valence-corrected chi connectivity index (χ4v) is 2.35. The van der Waals surface area contributed by atoms with Crippen molar-refractivity contribution >= 4 is 0 Å². The van der Waals surface area contributed by atoms with E-state index < -0.39 is 0 Å². The van der Waals surface area contributed by atoms with Gasteiger partial charge in [-0.05, 0) is 18.6 Å². The van der Waals surface area contributed by atoms with Crippen molar-refractivity contribution in [1.82, 2.24) is 20.4 Å². The Morgan fingerprint density at radius 3 is 2.94 bits per heavy atom. The first kappa shape index (κ1) is 10.4. The van der Waals surface area contributed by atoms with Crippen LogP contribution in [0.4, 0.5) is 0 Å². The molecule has 0 aromatic carbocycles. The zero-order valence-corrected chi connectivity index (χ0v) is 9.63. The van der Waals surface area contributed by atoms with E-state index in [0.29, 0.717) is 11.7 Å². The maximum absolute atomic E-state index is 5.28. The second kappa shape index (κ2) is 4.25. The maximum Gasteiger partial charge on any atom is 0.231 e. The molecule has 0 saturated carbocycles. The van der Waals surface area contributed by atoms with Gasteiger partial charge in [-0.25, -0.2) is 0 Å². The van der Waals surface area contributed by atoms with Crippen LogP contribution in [0.1, 0.15) is 29.1 Å². The maximum atomic E-state index is 5.28. The van der Waals surface area contributed by atoms with Crippen molar-refractivity contribution in [3.05, 3.63) is 41.8 Å². The molecule has 5 heteroatoms. The number of aromatic nitrogens is 3. The Hall–Kier alpha value is -1.75. The molecule has 2 aromatic rings. The highest BCUT2D eigenvalue weighted by Gasteiger charge is 2.33. The molecule has 2 aromatic heterocycles.